The Balaban J connectivity index is 1.71. The largest absolute Gasteiger partial charge is 0.367 e. The second-order valence-corrected chi connectivity index (χ2v) is 6.14. The van der Waals surface area contributed by atoms with Gasteiger partial charge in [-0.25, -0.2) is 4.98 Å². The molecule has 7 heteroatoms. The van der Waals surface area contributed by atoms with Crippen LogP contribution in [-0.2, 0) is 23.0 Å². The van der Waals surface area contributed by atoms with Gasteiger partial charge in [-0.1, -0.05) is 0 Å². The van der Waals surface area contributed by atoms with E-state index in [-0.39, 0.29) is 12.0 Å². The van der Waals surface area contributed by atoms with E-state index < -0.39 is 0 Å². The number of H-pyrrole nitrogens is 1. The summed E-state index contributed by atoms with van der Waals surface area (Å²) in [7, 11) is 1.96. The minimum atomic E-state index is -0.169. The van der Waals surface area contributed by atoms with Crippen LogP contribution in [0.25, 0.3) is 0 Å². The second kappa shape index (κ2) is 6.16. The molecule has 2 aromatic rings. The molecule has 1 aliphatic rings. The van der Waals surface area contributed by atoms with Crippen LogP contribution in [-0.4, -0.2) is 50.3 Å². The SMILES string of the molecule is Cc1cn(C)c([C@H]2CN(C(=O)Cc3c(C)n[nH]c3C)CCO2)n1. The number of carbonyl (C=O) groups excluding carboxylic acids is 1. The highest BCUT2D eigenvalue weighted by molar-refractivity contribution is 5.79. The zero-order valence-electron chi connectivity index (χ0n) is 14.1. The first-order valence-electron chi connectivity index (χ1n) is 7.85. The van der Waals surface area contributed by atoms with Crippen molar-refractivity contribution in [2.24, 2.45) is 7.05 Å². The molecule has 7 nitrogen and oxygen atoms in total. The monoisotopic (exact) mass is 317 g/mol. The predicted molar refractivity (Wildman–Crippen MR) is 85.0 cm³/mol. The third-order valence-corrected chi connectivity index (χ3v) is 4.35. The number of hydrogen-bond donors (Lipinski definition) is 1. The minimum Gasteiger partial charge on any atom is -0.367 e. The Hall–Kier alpha value is -2.15. The summed E-state index contributed by atoms with van der Waals surface area (Å²) in [5.74, 6) is 0.979. The average Bonchev–Trinajstić information content (AvgIpc) is 3.03. The van der Waals surface area contributed by atoms with E-state index in [0.29, 0.717) is 26.1 Å². The van der Waals surface area contributed by atoms with Gasteiger partial charge in [0.25, 0.3) is 0 Å². The van der Waals surface area contributed by atoms with Crippen molar-refractivity contribution in [1.29, 1.82) is 0 Å². The third kappa shape index (κ3) is 3.14. The Morgan fingerprint density at radius 2 is 2.22 bits per heavy atom. The van der Waals surface area contributed by atoms with Crippen LogP contribution in [0.1, 0.15) is 34.6 Å². The van der Waals surface area contributed by atoms with Crippen LogP contribution in [0.3, 0.4) is 0 Å². The molecule has 3 heterocycles. The first-order valence-corrected chi connectivity index (χ1v) is 7.85. The van der Waals surface area contributed by atoms with Gasteiger partial charge in [0.05, 0.1) is 31.0 Å². The summed E-state index contributed by atoms with van der Waals surface area (Å²) in [5.41, 5.74) is 3.80. The number of ether oxygens (including phenoxy) is 1. The molecule has 124 valence electrons. The van der Waals surface area contributed by atoms with Gasteiger partial charge in [0, 0.05) is 31.0 Å². The van der Waals surface area contributed by atoms with Crippen molar-refractivity contribution < 1.29 is 9.53 Å². The Morgan fingerprint density at radius 3 is 2.83 bits per heavy atom. The fourth-order valence-electron chi connectivity index (χ4n) is 3.06. The standard InChI is InChI=1S/C16H23N5O2/c1-10-8-20(4)16(17-10)14-9-21(5-6-23-14)15(22)7-13-11(2)18-19-12(13)3/h8,14H,5-7,9H2,1-4H3,(H,18,19)/t14-/m1/s1. The predicted octanol–water partition coefficient (Wildman–Crippen LogP) is 1.21. The molecular formula is C16H23N5O2. The summed E-state index contributed by atoms with van der Waals surface area (Å²) in [4.78, 5) is 19.0. The zero-order valence-corrected chi connectivity index (χ0v) is 14.1. The number of carbonyl (C=O) groups is 1. The summed E-state index contributed by atoms with van der Waals surface area (Å²) < 4.78 is 7.80. The molecule has 1 aliphatic heterocycles. The van der Waals surface area contributed by atoms with E-state index in [1.54, 1.807) is 0 Å². The fourth-order valence-corrected chi connectivity index (χ4v) is 3.06. The lowest BCUT2D eigenvalue weighted by Gasteiger charge is -2.32. The second-order valence-electron chi connectivity index (χ2n) is 6.14. The average molecular weight is 317 g/mol. The zero-order chi connectivity index (χ0) is 16.6. The number of rotatable bonds is 3. The molecule has 1 saturated heterocycles. The van der Waals surface area contributed by atoms with E-state index in [1.165, 1.54) is 0 Å². The molecule has 0 saturated carbocycles. The van der Waals surface area contributed by atoms with Crippen LogP contribution in [0.15, 0.2) is 6.20 Å². The number of aromatic amines is 1. The molecule has 1 N–H and O–H groups in total. The van der Waals surface area contributed by atoms with E-state index in [2.05, 4.69) is 15.2 Å². The molecule has 0 aromatic carbocycles. The third-order valence-electron chi connectivity index (χ3n) is 4.35. The van der Waals surface area contributed by atoms with E-state index >= 15 is 0 Å². The summed E-state index contributed by atoms with van der Waals surface area (Å²) >= 11 is 0. The topological polar surface area (TPSA) is 76.0 Å². The Morgan fingerprint density at radius 1 is 1.43 bits per heavy atom. The number of morpholine rings is 1. The fraction of sp³-hybridized carbons (Fsp3) is 0.562. The smallest absolute Gasteiger partial charge is 0.227 e. The van der Waals surface area contributed by atoms with Crippen molar-refractivity contribution in [3.05, 3.63) is 34.7 Å². The van der Waals surface area contributed by atoms with E-state index in [0.717, 1.165) is 28.5 Å². The Bertz CT molecular complexity index is 699. The molecule has 23 heavy (non-hydrogen) atoms. The van der Waals surface area contributed by atoms with Gasteiger partial charge in [0.1, 0.15) is 11.9 Å². The number of nitrogens with one attached hydrogen (secondary N) is 1. The summed E-state index contributed by atoms with van der Waals surface area (Å²) in [5, 5.41) is 7.09. The summed E-state index contributed by atoms with van der Waals surface area (Å²) in [6, 6.07) is 0. The molecule has 1 fully saturated rings. The maximum absolute atomic E-state index is 12.6. The van der Waals surface area contributed by atoms with Gasteiger partial charge in [-0.05, 0) is 20.8 Å². The Labute approximate surface area is 135 Å². The first-order chi connectivity index (χ1) is 11.0. The van der Waals surface area contributed by atoms with Gasteiger partial charge in [0.2, 0.25) is 5.91 Å². The molecule has 0 bridgehead atoms. The molecule has 3 rings (SSSR count). The van der Waals surface area contributed by atoms with Crippen molar-refractivity contribution in [2.75, 3.05) is 19.7 Å². The van der Waals surface area contributed by atoms with Crippen LogP contribution in [0, 0.1) is 20.8 Å². The van der Waals surface area contributed by atoms with Gasteiger partial charge in [-0.3, -0.25) is 9.89 Å². The van der Waals surface area contributed by atoms with Crippen LogP contribution in [0.2, 0.25) is 0 Å². The lowest BCUT2D eigenvalue weighted by molar-refractivity contribution is -0.138. The molecule has 0 spiro atoms. The lowest BCUT2D eigenvalue weighted by Crippen LogP contribution is -2.43. The summed E-state index contributed by atoms with van der Waals surface area (Å²) in [6.07, 6.45) is 2.18. The number of aromatic nitrogens is 4. The van der Waals surface area contributed by atoms with Gasteiger partial charge in [-0.2, -0.15) is 5.10 Å². The first kappa shape index (κ1) is 15.7. The highest BCUT2D eigenvalue weighted by Crippen LogP contribution is 2.22. The Kier molecular flexibility index (Phi) is 4.21. The normalized spacial score (nSPS) is 18.4. The van der Waals surface area contributed by atoms with Crippen LogP contribution in [0.5, 0.6) is 0 Å². The van der Waals surface area contributed by atoms with Crippen molar-refractivity contribution >= 4 is 5.91 Å². The minimum absolute atomic E-state index is 0.108. The molecule has 0 unspecified atom stereocenters. The quantitative estimate of drug-likeness (QED) is 0.923. The summed E-state index contributed by atoms with van der Waals surface area (Å²) in [6.45, 7) is 7.52. The van der Waals surface area contributed by atoms with Crippen LogP contribution in [0.4, 0.5) is 0 Å². The molecule has 0 aliphatic carbocycles. The number of aryl methyl sites for hydroxylation is 4. The van der Waals surface area contributed by atoms with E-state index in [9.17, 15) is 4.79 Å². The molecule has 1 atom stereocenters. The van der Waals surface area contributed by atoms with Crippen LogP contribution >= 0.6 is 0 Å². The lowest BCUT2D eigenvalue weighted by atomic mass is 10.1. The molecule has 2 aromatic heterocycles. The number of amides is 1. The molecule has 0 radical (unpaired) electrons. The number of nitrogens with zero attached hydrogens (tertiary/aromatic N) is 4. The van der Waals surface area contributed by atoms with Crippen molar-refractivity contribution in [1.82, 2.24) is 24.6 Å². The molecular weight excluding hydrogens is 294 g/mol. The number of imidazole rings is 1. The highest BCUT2D eigenvalue weighted by atomic mass is 16.5. The maximum atomic E-state index is 12.6. The van der Waals surface area contributed by atoms with Crippen LogP contribution < -0.4 is 0 Å². The van der Waals surface area contributed by atoms with Gasteiger partial charge < -0.3 is 14.2 Å². The number of hydrogen-bond acceptors (Lipinski definition) is 4. The van der Waals surface area contributed by atoms with E-state index in [4.69, 9.17) is 4.74 Å². The van der Waals surface area contributed by atoms with Gasteiger partial charge >= 0.3 is 0 Å². The molecule has 1 amide bonds. The maximum Gasteiger partial charge on any atom is 0.227 e. The van der Waals surface area contributed by atoms with E-state index in [1.807, 2.05) is 43.5 Å². The van der Waals surface area contributed by atoms with Gasteiger partial charge in [0.15, 0.2) is 0 Å². The van der Waals surface area contributed by atoms with Gasteiger partial charge in [-0.15, -0.1) is 0 Å². The van der Waals surface area contributed by atoms with Crippen molar-refractivity contribution in [3.63, 3.8) is 0 Å². The van der Waals surface area contributed by atoms with Crippen molar-refractivity contribution in [3.8, 4) is 0 Å². The highest BCUT2D eigenvalue weighted by Gasteiger charge is 2.28. The van der Waals surface area contributed by atoms with Crippen molar-refractivity contribution in [2.45, 2.75) is 33.3 Å².